The number of carbonyl (C=O) groups excluding carboxylic acids is 1. The van der Waals surface area contributed by atoms with Crippen molar-refractivity contribution in [3.8, 4) is 0 Å². The molecule has 0 saturated carbocycles. The molecule has 4 heteroatoms. The van der Waals surface area contributed by atoms with Gasteiger partial charge in [-0.25, -0.2) is 0 Å². The predicted molar refractivity (Wildman–Crippen MR) is 80.7 cm³/mol. The van der Waals surface area contributed by atoms with Gasteiger partial charge in [-0.15, -0.1) is 0 Å². The predicted octanol–water partition coefficient (Wildman–Crippen LogP) is 2.61. The minimum Gasteiger partial charge on any atom is -0.494 e. The van der Waals surface area contributed by atoms with E-state index in [0.29, 0.717) is 17.0 Å². The van der Waals surface area contributed by atoms with Crippen LogP contribution in [0.3, 0.4) is 0 Å². The molecule has 0 spiro atoms. The van der Waals surface area contributed by atoms with Gasteiger partial charge in [-0.05, 0) is 29.3 Å². The summed E-state index contributed by atoms with van der Waals surface area (Å²) < 4.78 is 5.45. The molecule has 0 fully saturated rings. The monoisotopic (exact) mass is 278 g/mol. The molecule has 1 N–H and O–H groups in total. The van der Waals surface area contributed by atoms with Gasteiger partial charge in [0.15, 0.2) is 5.76 Å². The van der Waals surface area contributed by atoms with E-state index in [9.17, 15) is 4.79 Å². The van der Waals surface area contributed by atoms with Crippen molar-refractivity contribution in [3.63, 3.8) is 0 Å². The van der Waals surface area contributed by atoms with E-state index < -0.39 is 0 Å². The number of benzene rings is 1. The molecule has 104 valence electrons. The Morgan fingerprint density at radius 3 is 2.48 bits per heavy atom. The highest BCUT2D eigenvalue weighted by Crippen LogP contribution is 2.30. The van der Waals surface area contributed by atoms with E-state index in [1.54, 1.807) is 19.5 Å². The first-order valence-corrected chi connectivity index (χ1v) is 6.56. The first kappa shape index (κ1) is 13.1. The van der Waals surface area contributed by atoms with Crippen LogP contribution >= 0.6 is 0 Å². The first-order valence-electron chi connectivity index (χ1n) is 6.56. The average Bonchev–Trinajstić information content (AvgIpc) is 2.84. The Morgan fingerprint density at radius 2 is 1.81 bits per heavy atom. The van der Waals surface area contributed by atoms with Gasteiger partial charge < -0.3 is 10.1 Å². The minimum atomic E-state index is -0.154. The number of nitrogens with zero attached hydrogens (tertiary/aromatic N) is 1. The second kappa shape index (κ2) is 5.63. The van der Waals surface area contributed by atoms with Crippen molar-refractivity contribution in [1.82, 2.24) is 10.3 Å². The summed E-state index contributed by atoms with van der Waals surface area (Å²) in [6.45, 7) is 0. The maximum Gasteiger partial charge on any atom is 0.260 e. The number of amides is 1. The number of hydrogen-bond acceptors (Lipinski definition) is 3. The fourth-order valence-electron chi connectivity index (χ4n) is 2.29. The quantitative estimate of drug-likeness (QED) is 0.939. The van der Waals surface area contributed by atoms with Crippen LogP contribution in [0.5, 0.6) is 0 Å². The summed E-state index contributed by atoms with van der Waals surface area (Å²) in [7, 11) is 1.57. The normalized spacial score (nSPS) is 16.2. The summed E-state index contributed by atoms with van der Waals surface area (Å²) in [5.41, 5.74) is 3.00. The highest BCUT2D eigenvalue weighted by molar-refractivity contribution is 6.24. The van der Waals surface area contributed by atoms with Crippen LogP contribution in [0.15, 0.2) is 66.3 Å². The molecule has 2 heterocycles. The molecule has 1 amide bonds. The Balaban J connectivity index is 2.08. The lowest BCUT2D eigenvalue weighted by Crippen LogP contribution is -2.15. The van der Waals surface area contributed by atoms with E-state index >= 15 is 0 Å². The van der Waals surface area contributed by atoms with Crippen LogP contribution < -0.4 is 5.32 Å². The smallest absolute Gasteiger partial charge is 0.260 e. The first-order chi connectivity index (χ1) is 10.3. The fraction of sp³-hybridized carbons (Fsp3) is 0.0588. The van der Waals surface area contributed by atoms with E-state index in [2.05, 4.69) is 10.3 Å². The molecule has 1 aliphatic rings. The minimum absolute atomic E-state index is 0.154. The van der Waals surface area contributed by atoms with Crippen LogP contribution in [0.2, 0.25) is 0 Å². The summed E-state index contributed by atoms with van der Waals surface area (Å²) in [6.07, 6.45) is 5.28. The lowest BCUT2D eigenvalue weighted by atomic mass is 10.1. The summed E-state index contributed by atoms with van der Waals surface area (Å²) in [6, 6.07) is 13.2. The molecule has 0 bridgehead atoms. The van der Waals surface area contributed by atoms with Gasteiger partial charge in [0.25, 0.3) is 5.91 Å². The van der Waals surface area contributed by atoms with Crippen LogP contribution in [0, 0.1) is 0 Å². The number of ether oxygens (including phenoxy) is 1. The Kier molecular flexibility index (Phi) is 3.51. The molecule has 21 heavy (non-hydrogen) atoms. The van der Waals surface area contributed by atoms with Crippen molar-refractivity contribution in [2.45, 2.75) is 0 Å². The van der Waals surface area contributed by atoms with Crippen molar-refractivity contribution in [2.75, 3.05) is 7.11 Å². The maximum atomic E-state index is 12.2. The Hall–Kier alpha value is -2.88. The van der Waals surface area contributed by atoms with Gasteiger partial charge in [-0.1, -0.05) is 30.3 Å². The third-order valence-corrected chi connectivity index (χ3v) is 3.23. The van der Waals surface area contributed by atoms with Gasteiger partial charge in [0.2, 0.25) is 0 Å². The van der Waals surface area contributed by atoms with Crippen molar-refractivity contribution in [2.24, 2.45) is 0 Å². The SMILES string of the molecule is COC1=C(c2ccccc2)C(=O)N/C1=C\c1ccncc1. The van der Waals surface area contributed by atoms with Gasteiger partial charge in [0.05, 0.1) is 18.4 Å². The third kappa shape index (κ3) is 2.56. The summed E-state index contributed by atoms with van der Waals surface area (Å²) in [5.74, 6) is 0.404. The number of aromatic nitrogens is 1. The second-order valence-corrected chi connectivity index (χ2v) is 4.57. The molecule has 1 aromatic carbocycles. The molecular weight excluding hydrogens is 264 g/mol. The van der Waals surface area contributed by atoms with Crippen LogP contribution in [0.25, 0.3) is 11.6 Å². The van der Waals surface area contributed by atoms with Gasteiger partial charge in [0.1, 0.15) is 0 Å². The molecule has 4 nitrogen and oxygen atoms in total. The third-order valence-electron chi connectivity index (χ3n) is 3.23. The second-order valence-electron chi connectivity index (χ2n) is 4.57. The van der Waals surface area contributed by atoms with Gasteiger partial charge in [0, 0.05) is 12.4 Å². The van der Waals surface area contributed by atoms with E-state index in [-0.39, 0.29) is 5.91 Å². The maximum absolute atomic E-state index is 12.2. The fourth-order valence-corrected chi connectivity index (χ4v) is 2.29. The van der Waals surface area contributed by atoms with E-state index in [1.807, 2.05) is 48.5 Å². The summed E-state index contributed by atoms with van der Waals surface area (Å²) in [4.78, 5) is 16.2. The zero-order valence-corrected chi connectivity index (χ0v) is 11.5. The molecule has 2 aromatic rings. The van der Waals surface area contributed by atoms with Gasteiger partial charge >= 0.3 is 0 Å². The summed E-state index contributed by atoms with van der Waals surface area (Å²) >= 11 is 0. The topological polar surface area (TPSA) is 51.2 Å². The Bertz CT molecular complexity index is 719. The van der Waals surface area contributed by atoms with E-state index in [0.717, 1.165) is 11.1 Å². The Labute approximate surface area is 122 Å². The van der Waals surface area contributed by atoms with Crippen molar-refractivity contribution >= 4 is 17.6 Å². The number of nitrogens with one attached hydrogen (secondary N) is 1. The number of rotatable bonds is 3. The molecule has 3 rings (SSSR count). The molecule has 0 aliphatic carbocycles. The van der Waals surface area contributed by atoms with Crippen LogP contribution in [-0.2, 0) is 9.53 Å². The standard InChI is InChI=1S/C17H14N2O2/c1-21-16-14(11-12-7-9-18-10-8-12)19-17(20)15(16)13-5-3-2-4-6-13/h2-11H,1H3,(H,19,20)/b14-11-. The van der Waals surface area contributed by atoms with Crippen LogP contribution in [0.1, 0.15) is 11.1 Å². The average molecular weight is 278 g/mol. The Morgan fingerprint density at radius 1 is 1.10 bits per heavy atom. The van der Waals surface area contributed by atoms with Crippen LogP contribution in [0.4, 0.5) is 0 Å². The van der Waals surface area contributed by atoms with Gasteiger partial charge in [-0.3, -0.25) is 9.78 Å². The number of pyridine rings is 1. The lowest BCUT2D eigenvalue weighted by molar-refractivity contribution is -0.114. The number of hydrogen-bond donors (Lipinski definition) is 1. The van der Waals surface area contributed by atoms with Crippen LogP contribution in [-0.4, -0.2) is 18.0 Å². The molecule has 0 unspecified atom stereocenters. The molecule has 1 aliphatic heterocycles. The highest BCUT2D eigenvalue weighted by atomic mass is 16.5. The largest absolute Gasteiger partial charge is 0.494 e. The highest BCUT2D eigenvalue weighted by Gasteiger charge is 2.29. The number of carbonyl (C=O) groups is 1. The molecular formula is C17H14N2O2. The van der Waals surface area contributed by atoms with Gasteiger partial charge in [-0.2, -0.15) is 0 Å². The lowest BCUT2D eigenvalue weighted by Gasteiger charge is -2.05. The molecule has 0 saturated heterocycles. The molecule has 0 atom stereocenters. The van der Waals surface area contributed by atoms with Crippen molar-refractivity contribution in [3.05, 3.63) is 77.4 Å². The molecule has 0 radical (unpaired) electrons. The zero-order valence-electron chi connectivity index (χ0n) is 11.5. The van der Waals surface area contributed by atoms with E-state index in [1.165, 1.54) is 0 Å². The van der Waals surface area contributed by atoms with Crippen molar-refractivity contribution < 1.29 is 9.53 Å². The summed E-state index contributed by atoms with van der Waals surface area (Å²) in [5, 5.41) is 2.85. The zero-order chi connectivity index (χ0) is 14.7. The number of methoxy groups -OCH3 is 1. The molecule has 1 aromatic heterocycles. The van der Waals surface area contributed by atoms with E-state index in [4.69, 9.17) is 4.74 Å². The van der Waals surface area contributed by atoms with Crippen molar-refractivity contribution in [1.29, 1.82) is 0 Å².